The summed E-state index contributed by atoms with van der Waals surface area (Å²) in [5, 5.41) is 1.00. The van der Waals surface area contributed by atoms with Gasteiger partial charge in [-0.3, -0.25) is 25.4 Å². The fraction of sp³-hybridized carbons (Fsp3) is 0.0333. The van der Waals surface area contributed by atoms with Crippen LogP contribution in [0.1, 0.15) is 26.3 Å². The van der Waals surface area contributed by atoms with Crippen LogP contribution in [0.5, 0.6) is 17.2 Å². The molecule has 4 aromatic carbocycles. The number of aromatic nitrogens is 1. The van der Waals surface area contributed by atoms with Crippen LogP contribution in [0.4, 0.5) is 0 Å². The van der Waals surface area contributed by atoms with Gasteiger partial charge >= 0.3 is 0 Å². The van der Waals surface area contributed by atoms with Gasteiger partial charge in [0.2, 0.25) is 0 Å². The summed E-state index contributed by atoms with van der Waals surface area (Å²) in [4.78, 5) is 29.5. The number of ether oxygens (including phenoxy) is 2. The number of fused-ring (bicyclic) bond motifs is 1. The number of nitrogens with zero attached hydrogens (tertiary/aromatic N) is 1. The Morgan fingerprint density at radius 3 is 2.19 bits per heavy atom. The molecule has 2 amide bonds. The summed E-state index contributed by atoms with van der Waals surface area (Å²) >= 11 is 0. The fourth-order valence-electron chi connectivity index (χ4n) is 3.69. The first-order chi connectivity index (χ1) is 18.2. The Morgan fingerprint density at radius 2 is 1.38 bits per heavy atom. The van der Waals surface area contributed by atoms with Crippen LogP contribution < -0.4 is 20.3 Å². The van der Waals surface area contributed by atoms with Crippen molar-refractivity contribution >= 4 is 22.7 Å². The van der Waals surface area contributed by atoms with Crippen molar-refractivity contribution in [2.24, 2.45) is 0 Å². The molecule has 0 unspecified atom stereocenters. The van der Waals surface area contributed by atoms with Crippen molar-refractivity contribution in [2.75, 3.05) is 0 Å². The Kier molecular flexibility index (Phi) is 7.04. The number of benzene rings is 4. The molecule has 0 aliphatic carbocycles. The predicted octanol–water partition coefficient (Wildman–Crippen LogP) is 5.68. The highest BCUT2D eigenvalue weighted by molar-refractivity contribution is 5.99. The van der Waals surface area contributed by atoms with E-state index in [0.717, 1.165) is 16.5 Å². The van der Waals surface area contributed by atoms with E-state index in [1.807, 2.05) is 60.7 Å². The van der Waals surface area contributed by atoms with Crippen molar-refractivity contribution in [3.63, 3.8) is 0 Å². The Hall–Kier alpha value is -5.17. The van der Waals surface area contributed by atoms with Gasteiger partial charge in [0.1, 0.15) is 29.4 Å². The minimum atomic E-state index is -0.458. The van der Waals surface area contributed by atoms with E-state index in [2.05, 4.69) is 15.8 Å². The third-order valence-corrected chi connectivity index (χ3v) is 5.57. The van der Waals surface area contributed by atoms with Crippen LogP contribution in [-0.4, -0.2) is 16.8 Å². The minimum absolute atomic E-state index is 0.329. The molecule has 0 saturated carbocycles. The first-order valence-electron chi connectivity index (χ1n) is 11.6. The van der Waals surface area contributed by atoms with E-state index in [9.17, 15) is 9.59 Å². The van der Waals surface area contributed by atoms with Gasteiger partial charge < -0.3 is 9.47 Å². The summed E-state index contributed by atoms with van der Waals surface area (Å²) in [6.45, 7) is 0.329. The van der Waals surface area contributed by atoms with Crippen LogP contribution in [0.15, 0.2) is 115 Å². The van der Waals surface area contributed by atoms with Crippen LogP contribution in [0.2, 0.25) is 0 Å². The summed E-state index contributed by atoms with van der Waals surface area (Å²) in [7, 11) is 0. The second-order valence-electron chi connectivity index (χ2n) is 8.17. The Labute approximate surface area is 213 Å². The first kappa shape index (κ1) is 23.6. The molecule has 0 aliphatic rings. The lowest BCUT2D eigenvalue weighted by molar-refractivity contribution is 0.0846. The van der Waals surface area contributed by atoms with Crippen LogP contribution >= 0.6 is 0 Å². The van der Waals surface area contributed by atoms with Gasteiger partial charge in [-0.05, 0) is 60.2 Å². The van der Waals surface area contributed by atoms with E-state index in [1.165, 1.54) is 0 Å². The summed E-state index contributed by atoms with van der Waals surface area (Å²) in [5.74, 6) is 0.982. The van der Waals surface area contributed by atoms with Gasteiger partial charge in [0.25, 0.3) is 11.8 Å². The molecule has 182 valence electrons. The number of hydrogen-bond acceptors (Lipinski definition) is 5. The highest BCUT2D eigenvalue weighted by Crippen LogP contribution is 2.24. The third-order valence-electron chi connectivity index (χ3n) is 5.57. The van der Waals surface area contributed by atoms with Gasteiger partial charge in [-0.2, -0.15) is 0 Å². The zero-order chi connectivity index (χ0) is 25.5. The molecule has 7 heteroatoms. The second kappa shape index (κ2) is 11.0. The van der Waals surface area contributed by atoms with Crippen molar-refractivity contribution in [2.45, 2.75) is 6.61 Å². The predicted molar refractivity (Wildman–Crippen MR) is 140 cm³/mol. The molecule has 0 saturated heterocycles. The van der Waals surface area contributed by atoms with Gasteiger partial charge in [0.05, 0.1) is 0 Å². The molecule has 1 aromatic heterocycles. The van der Waals surface area contributed by atoms with Crippen molar-refractivity contribution in [1.82, 2.24) is 15.8 Å². The zero-order valence-corrected chi connectivity index (χ0v) is 19.8. The normalized spacial score (nSPS) is 10.5. The topological polar surface area (TPSA) is 89.6 Å². The smallest absolute Gasteiger partial charge is 0.269 e. The first-order valence-corrected chi connectivity index (χ1v) is 11.6. The van der Waals surface area contributed by atoms with Crippen LogP contribution in [0.25, 0.3) is 10.9 Å². The number of nitrogens with one attached hydrogen (secondary N) is 2. The number of carbonyl (C=O) groups is 2. The molecule has 0 atom stereocenters. The average molecular weight is 490 g/mol. The van der Waals surface area contributed by atoms with E-state index in [4.69, 9.17) is 9.47 Å². The van der Waals surface area contributed by atoms with E-state index in [1.54, 1.807) is 54.7 Å². The molecule has 0 bridgehead atoms. The van der Waals surface area contributed by atoms with E-state index < -0.39 is 11.8 Å². The molecule has 37 heavy (non-hydrogen) atoms. The molecule has 5 rings (SSSR count). The van der Waals surface area contributed by atoms with E-state index in [0.29, 0.717) is 35.0 Å². The second-order valence-corrected chi connectivity index (χ2v) is 8.17. The van der Waals surface area contributed by atoms with Gasteiger partial charge in [0, 0.05) is 22.7 Å². The number of amides is 2. The van der Waals surface area contributed by atoms with Crippen LogP contribution in [-0.2, 0) is 6.61 Å². The quantitative estimate of drug-likeness (QED) is 0.287. The standard InChI is InChI=1S/C30H23N3O4/c34-29(32-33-30(35)24-8-4-12-26(19-24)37-25-10-2-1-3-11-25)23-16-14-21(15-17-23)20-36-27-13-5-7-22-9-6-18-31-28(22)27/h1-19H,20H2,(H,32,34)(H,33,35). The number of hydrazine groups is 1. The molecule has 5 aromatic rings. The lowest BCUT2D eigenvalue weighted by Crippen LogP contribution is -2.41. The highest BCUT2D eigenvalue weighted by Gasteiger charge is 2.11. The molecule has 1 heterocycles. The Morgan fingerprint density at radius 1 is 0.676 bits per heavy atom. The van der Waals surface area contributed by atoms with E-state index in [-0.39, 0.29) is 0 Å². The maximum atomic E-state index is 12.5. The van der Waals surface area contributed by atoms with Gasteiger partial charge in [-0.15, -0.1) is 0 Å². The molecular weight excluding hydrogens is 466 g/mol. The van der Waals surface area contributed by atoms with Crippen molar-refractivity contribution in [3.05, 3.63) is 132 Å². The highest BCUT2D eigenvalue weighted by atomic mass is 16.5. The maximum absolute atomic E-state index is 12.5. The van der Waals surface area contributed by atoms with Gasteiger partial charge in [-0.1, -0.05) is 54.6 Å². The molecule has 0 spiro atoms. The minimum Gasteiger partial charge on any atom is -0.487 e. The van der Waals surface area contributed by atoms with Crippen molar-refractivity contribution in [1.29, 1.82) is 0 Å². The number of pyridine rings is 1. The lowest BCUT2D eigenvalue weighted by Gasteiger charge is -2.11. The monoisotopic (exact) mass is 489 g/mol. The summed E-state index contributed by atoms with van der Waals surface area (Å²) in [6.07, 6.45) is 1.73. The number of para-hydroxylation sites is 2. The molecule has 7 nitrogen and oxygen atoms in total. The molecule has 0 radical (unpaired) electrons. The lowest BCUT2D eigenvalue weighted by atomic mass is 10.1. The average Bonchev–Trinajstić information content (AvgIpc) is 2.95. The van der Waals surface area contributed by atoms with E-state index >= 15 is 0 Å². The SMILES string of the molecule is O=C(NNC(=O)c1cccc(Oc2ccccc2)c1)c1ccc(COc2cccc3cccnc23)cc1. The molecular formula is C30H23N3O4. The van der Waals surface area contributed by atoms with Gasteiger partial charge in [-0.25, -0.2) is 0 Å². The Bertz CT molecular complexity index is 1530. The van der Waals surface area contributed by atoms with Crippen molar-refractivity contribution in [3.8, 4) is 17.2 Å². The number of rotatable bonds is 7. The molecule has 0 aliphatic heterocycles. The maximum Gasteiger partial charge on any atom is 0.269 e. The van der Waals surface area contributed by atoms with Crippen molar-refractivity contribution < 1.29 is 19.1 Å². The Balaban J connectivity index is 1.15. The fourth-order valence-corrected chi connectivity index (χ4v) is 3.69. The zero-order valence-electron chi connectivity index (χ0n) is 19.8. The van der Waals surface area contributed by atoms with Crippen LogP contribution in [0, 0.1) is 0 Å². The molecule has 0 fully saturated rings. The number of hydrogen-bond donors (Lipinski definition) is 2. The number of carbonyl (C=O) groups excluding carboxylic acids is 2. The van der Waals surface area contributed by atoms with Gasteiger partial charge in [0.15, 0.2) is 0 Å². The summed E-state index contributed by atoms with van der Waals surface area (Å²) in [6, 6.07) is 32.6. The van der Waals surface area contributed by atoms with Crippen LogP contribution in [0.3, 0.4) is 0 Å². The largest absolute Gasteiger partial charge is 0.487 e. The molecule has 2 N–H and O–H groups in total. The summed E-state index contributed by atoms with van der Waals surface area (Å²) < 4.78 is 11.7. The third kappa shape index (κ3) is 5.91. The summed E-state index contributed by atoms with van der Waals surface area (Å²) in [5.41, 5.74) is 7.33.